The van der Waals surface area contributed by atoms with Crippen LogP contribution >= 0.6 is 11.3 Å². The molecule has 1 saturated heterocycles. The lowest BCUT2D eigenvalue weighted by Crippen LogP contribution is -2.33. The Kier molecular flexibility index (Phi) is 4.79. The second-order valence-electron chi connectivity index (χ2n) is 7.69. The van der Waals surface area contributed by atoms with Crippen LogP contribution in [0, 0.1) is 0 Å². The molecule has 2 amide bonds. The number of thiazole rings is 1. The minimum absolute atomic E-state index is 0.0408. The number of carbonyl (C=O) groups is 2. The van der Waals surface area contributed by atoms with Crippen LogP contribution in [-0.2, 0) is 16.0 Å². The molecule has 2 aliphatic heterocycles. The maximum Gasteiger partial charge on any atom is 0.227 e. The summed E-state index contributed by atoms with van der Waals surface area (Å²) >= 11 is 1.67. The summed E-state index contributed by atoms with van der Waals surface area (Å²) in [6.45, 7) is 1.46. The Hall–Kier alpha value is -2.73. The summed E-state index contributed by atoms with van der Waals surface area (Å²) in [4.78, 5) is 34.2. The van der Waals surface area contributed by atoms with E-state index < -0.39 is 0 Å². The van der Waals surface area contributed by atoms with Gasteiger partial charge in [-0.1, -0.05) is 30.3 Å². The average Bonchev–Trinajstić information content (AvgIpc) is 3.48. The molecule has 0 aliphatic carbocycles. The van der Waals surface area contributed by atoms with E-state index >= 15 is 0 Å². The van der Waals surface area contributed by atoms with E-state index in [0.717, 1.165) is 46.7 Å². The molecule has 29 heavy (non-hydrogen) atoms. The molecule has 0 saturated carbocycles. The van der Waals surface area contributed by atoms with E-state index in [-0.39, 0.29) is 30.7 Å². The Morgan fingerprint density at radius 3 is 2.69 bits per heavy atom. The molecule has 6 heteroatoms. The number of amides is 2. The number of likely N-dealkylation sites (tertiary alicyclic amines) is 1. The Bertz CT molecular complexity index is 1040. The van der Waals surface area contributed by atoms with Crippen LogP contribution in [0.5, 0.6) is 0 Å². The topological polar surface area (TPSA) is 53.5 Å². The highest BCUT2D eigenvalue weighted by atomic mass is 32.1. The third-order valence-corrected chi connectivity index (χ3v) is 7.05. The molecule has 0 radical (unpaired) electrons. The molecule has 0 unspecified atom stereocenters. The Morgan fingerprint density at radius 1 is 1.00 bits per heavy atom. The first-order valence-corrected chi connectivity index (χ1v) is 11.1. The van der Waals surface area contributed by atoms with E-state index in [2.05, 4.69) is 12.1 Å². The summed E-state index contributed by atoms with van der Waals surface area (Å²) in [7, 11) is 0. The molecule has 0 N–H and O–H groups in total. The van der Waals surface area contributed by atoms with Crippen molar-refractivity contribution in [3.05, 3.63) is 59.1 Å². The van der Waals surface area contributed by atoms with Crippen LogP contribution in [0.1, 0.15) is 42.3 Å². The highest BCUT2D eigenvalue weighted by Gasteiger charge is 2.33. The van der Waals surface area contributed by atoms with Crippen LogP contribution in [0.15, 0.2) is 48.5 Å². The zero-order valence-corrected chi connectivity index (χ0v) is 17.0. The molecule has 1 aromatic heterocycles. The first-order chi connectivity index (χ1) is 14.2. The quantitative estimate of drug-likeness (QED) is 0.649. The van der Waals surface area contributed by atoms with Crippen molar-refractivity contribution in [2.75, 3.05) is 18.0 Å². The summed E-state index contributed by atoms with van der Waals surface area (Å²) in [5, 5.41) is 1.01. The highest BCUT2D eigenvalue weighted by Crippen LogP contribution is 2.37. The predicted octanol–water partition coefficient (Wildman–Crippen LogP) is 4.33. The molecule has 5 nitrogen and oxygen atoms in total. The zero-order valence-electron chi connectivity index (χ0n) is 16.2. The third-order valence-electron chi connectivity index (χ3n) is 5.91. The Morgan fingerprint density at radius 2 is 1.79 bits per heavy atom. The summed E-state index contributed by atoms with van der Waals surface area (Å²) in [5.74, 6) is 0.103. The molecule has 1 atom stereocenters. The molecule has 1 fully saturated rings. The van der Waals surface area contributed by atoms with Crippen LogP contribution in [0.4, 0.5) is 5.69 Å². The number of anilines is 1. The van der Waals surface area contributed by atoms with Crippen molar-refractivity contribution in [3.63, 3.8) is 0 Å². The third kappa shape index (κ3) is 3.42. The van der Waals surface area contributed by atoms with E-state index in [1.54, 1.807) is 11.3 Å². The van der Waals surface area contributed by atoms with Crippen molar-refractivity contribution in [1.29, 1.82) is 0 Å². The standard InChI is InChI=1S/C23H23N3O2S/c27-21(11-12-22(28)26-15-13-16-6-1-3-8-18(16)26)25-14-5-9-19(25)23-24-17-7-2-4-10-20(17)29-23/h1-4,6-8,10,19H,5,9,11-15H2/t19-/m0/s1. The summed E-state index contributed by atoms with van der Waals surface area (Å²) < 4.78 is 1.16. The van der Waals surface area contributed by atoms with Crippen LogP contribution in [-0.4, -0.2) is 34.8 Å². The van der Waals surface area contributed by atoms with Crippen molar-refractivity contribution in [3.8, 4) is 0 Å². The number of rotatable bonds is 4. The molecular formula is C23H23N3O2S. The van der Waals surface area contributed by atoms with Gasteiger partial charge in [-0.3, -0.25) is 9.59 Å². The van der Waals surface area contributed by atoms with Gasteiger partial charge < -0.3 is 9.80 Å². The van der Waals surface area contributed by atoms with Gasteiger partial charge in [-0.05, 0) is 43.0 Å². The van der Waals surface area contributed by atoms with Crippen molar-refractivity contribution in [2.24, 2.45) is 0 Å². The fourth-order valence-electron chi connectivity index (χ4n) is 4.44. The molecular weight excluding hydrogens is 382 g/mol. The van der Waals surface area contributed by atoms with E-state index in [1.807, 2.05) is 46.2 Å². The molecule has 2 aromatic carbocycles. The number of fused-ring (bicyclic) bond motifs is 2. The number of benzene rings is 2. The fraction of sp³-hybridized carbons (Fsp3) is 0.348. The van der Waals surface area contributed by atoms with Gasteiger partial charge in [0.25, 0.3) is 0 Å². The van der Waals surface area contributed by atoms with E-state index in [0.29, 0.717) is 6.54 Å². The minimum atomic E-state index is 0.0408. The molecule has 148 valence electrons. The average molecular weight is 406 g/mol. The van der Waals surface area contributed by atoms with Crippen molar-refractivity contribution < 1.29 is 9.59 Å². The number of hydrogen-bond acceptors (Lipinski definition) is 4. The second kappa shape index (κ2) is 7.59. The first kappa shape index (κ1) is 18.3. The molecule has 3 aromatic rings. The predicted molar refractivity (Wildman–Crippen MR) is 115 cm³/mol. The van der Waals surface area contributed by atoms with Crippen LogP contribution in [0.25, 0.3) is 10.2 Å². The lowest BCUT2D eigenvalue weighted by molar-refractivity contribution is -0.134. The molecule has 3 heterocycles. The second-order valence-corrected chi connectivity index (χ2v) is 8.75. The maximum atomic E-state index is 12.9. The number of hydrogen-bond donors (Lipinski definition) is 0. The van der Waals surface area contributed by atoms with Gasteiger partial charge >= 0.3 is 0 Å². The summed E-state index contributed by atoms with van der Waals surface area (Å²) in [5.41, 5.74) is 3.20. The zero-order chi connectivity index (χ0) is 19.8. The van der Waals surface area contributed by atoms with Gasteiger partial charge in [0.05, 0.1) is 16.3 Å². The number of carbonyl (C=O) groups excluding carboxylic acids is 2. The molecule has 2 aliphatic rings. The SMILES string of the molecule is O=C(CCC(=O)N1CCC[C@H]1c1nc2ccccc2s1)N1CCc2ccccc21. The lowest BCUT2D eigenvalue weighted by Gasteiger charge is -2.24. The van der Waals surface area contributed by atoms with Crippen molar-refractivity contribution in [2.45, 2.75) is 38.1 Å². The van der Waals surface area contributed by atoms with Crippen molar-refractivity contribution >= 4 is 39.1 Å². The van der Waals surface area contributed by atoms with Gasteiger partial charge in [-0.25, -0.2) is 4.98 Å². The highest BCUT2D eigenvalue weighted by molar-refractivity contribution is 7.18. The Labute approximate surface area is 174 Å². The molecule has 5 rings (SSSR count). The van der Waals surface area contributed by atoms with Crippen LogP contribution in [0.2, 0.25) is 0 Å². The van der Waals surface area contributed by atoms with Gasteiger partial charge in [0.15, 0.2) is 0 Å². The maximum absolute atomic E-state index is 12.9. The van der Waals surface area contributed by atoms with E-state index in [1.165, 1.54) is 5.56 Å². The normalized spacial score (nSPS) is 18.4. The molecule has 0 spiro atoms. The fourth-order valence-corrected chi connectivity index (χ4v) is 5.56. The van der Waals surface area contributed by atoms with Gasteiger partial charge in [0.1, 0.15) is 5.01 Å². The first-order valence-electron chi connectivity index (χ1n) is 10.2. The number of nitrogens with zero attached hydrogens (tertiary/aromatic N) is 3. The van der Waals surface area contributed by atoms with Crippen LogP contribution < -0.4 is 4.90 Å². The number of para-hydroxylation sites is 2. The van der Waals surface area contributed by atoms with Gasteiger partial charge in [0.2, 0.25) is 11.8 Å². The lowest BCUT2D eigenvalue weighted by atomic mass is 10.2. The Balaban J connectivity index is 1.25. The van der Waals surface area contributed by atoms with E-state index in [9.17, 15) is 9.59 Å². The van der Waals surface area contributed by atoms with E-state index in [4.69, 9.17) is 4.98 Å². The summed E-state index contributed by atoms with van der Waals surface area (Å²) in [6, 6.07) is 16.2. The van der Waals surface area contributed by atoms with Gasteiger partial charge in [-0.15, -0.1) is 11.3 Å². The summed E-state index contributed by atoms with van der Waals surface area (Å²) in [6.07, 6.45) is 3.34. The van der Waals surface area contributed by atoms with Crippen molar-refractivity contribution in [1.82, 2.24) is 9.88 Å². The molecule has 0 bridgehead atoms. The smallest absolute Gasteiger partial charge is 0.227 e. The van der Waals surface area contributed by atoms with Crippen LogP contribution in [0.3, 0.4) is 0 Å². The minimum Gasteiger partial charge on any atom is -0.333 e. The largest absolute Gasteiger partial charge is 0.333 e. The number of aromatic nitrogens is 1. The van der Waals surface area contributed by atoms with Gasteiger partial charge in [-0.2, -0.15) is 0 Å². The monoisotopic (exact) mass is 405 g/mol. The van der Waals surface area contributed by atoms with Gasteiger partial charge in [0, 0.05) is 31.6 Å².